The highest BCUT2D eigenvalue weighted by Gasteiger charge is 2.53. The fourth-order valence-corrected chi connectivity index (χ4v) is 11.2. The lowest BCUT2D eigenvalue weighted by atomic mass is 9.96. The van der Waals surface area contributed by atoms with Crippen LogP contribution in [0.3, 0.4) is 0 Å². The van der Waals surface area contributed by atoms with Crippen LogP contribution in [0.4, 0.5) is 0 Å². The Morgan fingerprint density at radius 3 is 1.10 bits per heavy atom. The van der Waals surface area contributed by atoms with Gasteiger partial charge in [0.2, 0.25) is 5.91 Å². The smallest absolute Gasteiger partial charge is 0.220 e. The Bertz CT molecular complexity index is 1450. The third kappa shape index (κ3) is 28.0. The lowest BCUT2D eigenvalue weighted by Crippen LogP contribution is -2.66. The van der Waals surface area contributed by atoms with Gasteiger partial charge in [0.1, 0.15) is 73.2 Å². The molecule has 17 unspecified atom stereocenters. The maximum Gasteiger partial charge on any atom is 0.220 e. The average molecular weight is 1140 g/mol. The standard InChI is InChI=1S/C60H115NO18/c1-3-5-7-9-11-12-13-14-15-16-17-18-19-20-21-22-23-24-25-26-27-28-29-30-31-32-33-35-37-44(65)43(61-48(66)38-36-34-10-8-6-4-2)42-74-58-54(72)51(69)56(46(40-63)76-58)79-60-55(73)52(70)57(47(41-64)77-60)78-59-53(71)50(68)49(67)45(39-62)75-59/h43-47,49-60,62-65,67-73H,3-42H2,1-2H3,(H,61,66). The van der Waals surface area contributed by atoms with Crippen LogP contribution in [0.5, 0.6) is 0 Å². The molecule has 12 N–H and O–H groups in total. The Morgan fingerprint density at radius 2 is 0.722 bits per heavy atom. The zero-order chi connectivity index (χ0) is 57.6. The molecule has 3 fully saturated rings. The van der Waals surface area contributed by atoms with E-state index in [-0.39, 0.29) is 18.9 Å². The number of aliphatic hydroxyl groups is 11. The molecule has 468 valence electrons. The summed E-state index contributed by atoms with van der Waals surface area (Å²) in [5.41, 5.74) is 0. The molecule has 17 atom stereocenters. The molecule has 0 aromatic rings. The molecule has 0 spiro atoms. The van der Waals surface area contributed by atoms with Crippen LogP contribution in [0.2, 0.25) is 0 Å². The van der Waals surface area contributed by atoms with Crippen molar-refractivity contribution in [1.29, 1.82) is 0 Å². The van der Waals surface area contributed by atoms with Gasteiger partial charge in [-0.25, -0.2) is 0 Å². The van der Waals surface area contributed by atoms with E-state index in [9.17, 15) is 61.0 Å². The largest absolute Gasteiger partial charge is 0.394 e. The van der Waals surface area contributed by atoms with Crippen LogP contribution in [0.25, 0.3) is 0 Å². The summed E-state index contributed by atoms with van der Waals surface area (Å²) in [6.45, 7) is 1.73. The van der Waals surface area contributed by atoms with Gasteiger partial charge < -0.3 is 89.9 Å². The summed E-state index contributed by atoms with van der Waals surface area (Å²) < 4.78 is 34.2. The van der Waals surface area contributed by atoms with E-state index in [2.05, 4.69) is 19.2 Å². The summed E-state index contributed by atoms with van der Waals surface area (Å²) in [5.74, 6) is -0.249. The van der Waals surface area contributed by atoms with Gasteiger partial charge >= 0.3 is 0 Å². The highest BCUT2D eigenvalue weighted by Crippen LogP contribution is 2.33. The normalized spacial score (nSPS) is 30.2. The topological polar surface area (TPSA) is 307 Å². The molecule has 0 aromatic heterocycles. The second kappa shape index (κ2) is 44.3. The number of hydrogen-bond donors (Lipinski definition) is 12. The van der Waals surface area contributed by atoms with Gasteiger partial charge in [-0.2, -0.15) is 0 Å². The minimum absolute atomic E-state index is 0.249. The van der Waals surface area contributed by atoms with Gasteiger partial charge in [0.15, 0.2) is 18.9 Å². The Morgan fingerprint density at radius 1 is 0.405 bits per heavy atom. The summed E-state index contributed by atoms with van der Waals surface area (Å²) >= 11 is 0. The molecule has 79 heavy (non-hydrogen) atoms. The molecule has 3 aliphatic rings. The van der Waals surface area contributed by atoms with Crippen LogP contribution in [-0.4, -0.2) is 193 Å². The Balaban J connectivity index is 1.35. The molecule has 0 aliphatic carbocycles. The fourth-order valence-electron chi connectivity index (χ4n) is 11.2. The van der Waals surface area contributed by atoms with Gasteiger partial charge in [-0.05, 0) is 12.8 Å². The van der Waals surface area contributed by atoms with E-state index in [0.29, 0.717) is 12.8 Å². The Labute approximate surface area is 474 Å². The maximum absolute atomic E-state index is 13.2. The quantitative estimate of drug-likeness (QED) is 0.0294. The van der Waals surface area contributed by atoms with E-state index < -0.39 is 124 Å². The maximum atomic E-state index is 13.2. The molecule has 1 amide bonds. The van der Waals surface area contributed by atoms with Crippen LogP contribution in [0.15, 0.2) is 0 Å². The first-order valence-corrected chi connectivity index (χ1v) is 31.8. The molecule has 0 bridgehead atoms. The lowest BCUT2D eigenvalue weighted by molar-refractivity contribution is -0.379. The lowest BCUT2D eigenvalue weighted by Gasteiger charge is -2.48. The van der Waals surface area contributed by atoms with Gasteiger partial charge in [-0.1, -0.05) is 226 Å². The van der Waals surface area contributed by atoms with E-state index in [1.165, 1.54) is 154 Å². The number of rotatable bonds is 48. The molecule has 3 heterocycles. The van der Waals surface area contributed by atoms with Crippen molar-refractivity contribution in [2.45, 2.75) is 349 Å². The SMILES string of the molecule is CCCCCCCCCCCCCCCCCCCCCCCCCCCCCCC(O)C(COC1OC(CO)C(OC2OC(CO)C(OC3OC(CO)C(O)C(O)C3O)C(O)C2O)C(O)C1O)NC(=O)CCCCCCCC. The van der Waals surface area contributed by atoms with Crippen molar-refractivity contribution in [2.24, 2.45) is 0 Å². The molecule has 19 nitrogen and oxygen atoms in total. The minimum Gasteiger partial charge on any atom is -0.394 e. The van der Waals surface area contributed by atoms with Crippen molar-refractivity contribution in [3.8, 4) is 0 Å². The predicted molar refractivity (Wildman–Crippen MR) is 300 cm³/mol. The monoisotopic (exact) mass is 1140 g/mol. The number of ether oxygens (including phenoxy) is 6. The summed E-state index contributed by atoms with van der Waals surface area (Å²) in [4.78, 5) is 13.2. The third-order valence-electron chi connectivity index (χ3n) is 16.4. The van der Waals surface area contributed by atoms with Crippen molar-refractivity contribution in [3.05, 3.63) is 0 Å². The first-order valence-electron chi connectivity index (χ1n) is 31.8. The van der Waals surface area contributed by atoms with Crippen LogP contribution < -0.4 is 5.32 Å². The fraction of sp³-hybridized carbons (Fsp3) is 0.983. The van der Waals surface area contributed by atoms with Gasteiger partial charge in [-0.15, -0.1) is 0 Å². The van der Waals surface area contributed by atoms with Crippen molar-refractivity contribution >= 4 is 5.91 Å². The first kappa shape index (κ1) is 72.1. The number of carbonyl (C=O) groups is 1. The van der Waals surface area contributed by atoms with Crippen LogP contribution in [-0.2, 0) is 33.2 Å². The molecule has 3 aliphatic heterocycles. The number of hydrogen-bond acceptors (Lipinski definition) is 18. The van der Waals surface area contributed by atoms with Crippen molar-refractivity contribution in [2.75, 3.05) is 26.4 Å². The molecule has 0 radical (unpaired) electrons. The molecular weight excluding hydrogens is 1020 g/mol. The first-order chi connectivity index (χ1) is 38.3. The van der Waals surface area contributed by atoms with Crippen LogP contribution in [0, 0.1) is 0 Å². The zero-order valence-electron chi connectivity index (χ0n) is 48.9. The van der Waals surface area contributed by atoms with Gasteiger partial charge in [0.05, 0.1) is 38.6 Å². The van der Waals surface area contributed by atoms with Gasteiger partial charge in [0, 0.05) is 6.42 Å². The van der Waals surface area contributed by atoms with Crippen LogP contribution >= 0.6 is 0 Å². The second-order valence-corrected chi connectivity index (χ2v) is 23.2. The van der Waals surface area contributed by atoms with Crippen molar-refractivity contribution in [3.63, 3.8) is 0 Å². The molecule has 0 saturated carbocycles. The number of nitrogens with one attached hydrogen (secondary N) is 1. The summed E-state index contributed by atoms with van der Waals surface area (Å²) in [5, 5.41) is 120. The van der Waals surface area contributed by atoms with Gasteiger partial charge in [0.25, 0.3) is 0 Å². The average Bonchev–Trinajstić information content (AvgIpc) is 3.55. The number of amides is 1. The van der Waals surface area contributed by atoms with Crippen molar-refractivity contribution in [1.82, 2.24) is 5.32 Å². The molecular formula is C60H115NO18. The van der Waals surface area contributed by atoms with E-state index in [1.807, 2.05) is 0 Å². The molecule has 3 rings (SSSR count). The summed E-state index contributed by atoms with van der Waals surface area (Å²) in [6, 6.07) is -0.878. The Kier molecular flexibility index (Phi) is 40.4. The summed E-state index contributed by atoms with van der Waals surface area (Å²) in [7, 11) is 0. The second-order valence-electron chi connectivity index (χ2n) is 23.2. The highest BCUT2D eigenvalue weighted by atomic mass is 16.8. The minimum atomic E-state index is -1.97. The number of aliphatic hydroxyl groups excluding tert-OH is 11. The molecule has 0 aromatic carbocycles. The number of carbonyl (C=O) groups excluding carboxylic acids is 1. The van der Waals surface area contributed by atoms with Crippen molar-refractivity contribution < 1.29 is 89.4 Å². The Hall–Kier alpha value is -1.21. The van der Waals surface area contributed by atoms with E-state index >= 15 is 0 Å². The van der Waals surface area contributed by atoms with Crippen LogP contribution in [0.1, 0.15) is 245 Å². The zero-order valence-corrected chi connectivity index (χ0v) is 48.9. The highest BCUT2D eigenvalue weighted by molar-refractivity contribution is 5.76. The van der Waals surface area contributed by atoms with Gasteiger partial charge in [-0.3, -0.25) is 4.79 Å². The molecule has 3 saturated heterocycles. The third-order valence-corrected chi connectivity index (χ3v) is 16.4. The molecule has 19 heteroatoms. The summed E-state index contributed by atoms with van der Waals surface area (Å²) in [6.07, 6.45) is 16.9. The van der Waals surface area contributed by atoms with E-state index in [1.54, 1.807) is 0 Å². The van der Waals surface area contributed by atoms with E-state index in [0.717, 1.165) is 57.8 Å². The number of unbranched alkanes of at least 4 members (excludes halogenated alkanes) is 32. The predicted octanol–water partition coefficient (Wildman–Crippen LogP) is 6.38. The van der Waals surface area contributed by atoms with E-state index in [4.69, 9.17) is 28.4 Å².